The number of hydrogen-bond acceptors (Lipinski definition) is 5. The fourth-order valence-electron chi connectivity index (χ4n) is 1.88. The first-order valence-electron chi connectivity index (χ1n) is 6.26. The van der Waals surface area contributed by atoms with Crippen molar-refractivity contribution in [2.45, 2.75) is 31.7 Å². The molecule has 2 atom stereocenters. The number of carbonyl (C=O) groups is 1. The number of nitrogens with two attached hydrogens (primary N) is 1. The van der Waals surface area contributed by atoms with Crippen molar-refractivity contribution in [1.82, 2.24) is 9.80 Å². The van der Waals surface area contributed by atoms with Gasteiger partial charge >= 0.3 is 6.09 Å². The molecule has 1 aliphatic rings. The number of carbonyl (C=O) groups excluding carboxylic acids is 1. The first-order valence-corrected chi connectivity index (χ1v) is 7.43. The van der Waals surface area contributed by atoms with E-state index >= 15 is 0 Å². The Morgan fingerprint density at radius 2 is 1.89 bits per heavy atom. The second-order valence-electron chi connectivity index (χ2n) is 5.47. The lowest BCUT2D eigenvalue weighted by atomic mass is 10.2. The molecule has 8 heteroatoms. The Hall–Kier alpha value is -0.700. The summed E-state index contributed by atoms with van der Waals surface area (Å²) < 4.78 is 25.5. The van der Waals surface area contributed by atoms with Gasteiger partial charge in [0.1, 0.15) is 11.0 Å². The summed E-state index contributed by atoms with van der Waals surface area (Å²) in [6.45, 7) is 7.57. The highest BCUT2D eigenvalue weighted by Crippen LogP contribution is 2.13. The van der Waals surface area contributed by atoms with E-state index in [1.807, 2.05) is 25.7 Å². The fraction of sp³-hybridized carbons (Fsp3) is 0.909. The molecule has 0 aromatic carbocycles. The molecule has 1 fully saturated rings. The van der Waals surface area contributed by atoms with E-state index in [1.165, 1.54) is 0 Å². The molecule has 1 saturated heterocycles. The van der Waals surface area contributed by atoms with E-state index in [-0.39, 0.29) is 12.6 Å². The molecule has 1 heterocycles. The van der Waals surface area contributed by atoms with Gasteiger partial charge in [-0.2, -0.15) is 0 Å². The Kier molecular flexibility index (Phi) is 5.72. The zero-order valence-electron chi connectivity index (χ0n) is 11.7. The molecule has 7 nitrogen and oxygen atoms in total. The van der Waals surface area contributed by atoms with Gasteiger partial charge in [-0.25, -0.2) is 9.00 Å². The van der Waals surface area contributed by atoms with E-state index in [2.05, 4.69) is 0 Å². The largest absolute Gasteiger partial charge is 0.444 e. The summed E-state index contributed by atoms with van der Waals surface area (Å²) in [6.07, 6.45) is -0.346. The van der Waals surface area contributed by atoms with Crippen LogP contribution in [0, 0.1) is 0 Å². The van der Waals surface area contributed by atoms with Crippen LogP contribution in [0.5, 0.6) is 0 Å². The second-order valence-corrected chi connectivity index (χ2v) is 6.57. The first kappa shape index (κ1) is 16.4. The minimum atomic E-state index is -1.97. The van der Waals surface area contributed by atoms with Crippen LogP contribution in [0.4, 0.5) is 4.79 Å². The molecule has 0 aromatic rings. The summed E-state index contributed by atoms with van der Waals surface area (Å²) in [6, 6.07) is 0. The van der Waals surface area contributed by atoms with Crippen molar-refractivity contribution in [2.75, 3.05) is 32.7 Å². The van der Waals surface area contributed by atoms with Crippen LogP contribution in [-0.2, 0) is 15.8 Å². The molecule has 1 aliphatic heterocycles. The Labute approximate surface area is 116 Å². The molecule has 0 radical (unpaired) electrons. The molecular weight excluding hydrogens is 270 g/mol. The highest BCUT2D eigenvalue weighted by molar-refractivity contribution is 7.79. The van der Waals surface area contributed by atoms with Crippen LogP contribution in [0.3, 0.4) is 0 Å². The van der Waals surface area contributed by atoms with E-state index in [0.717, 1.165) is 0 Å². The minimum Gasteiger partial charge on any atom is -0.444 e. The third-order valence-electron chi connectivity index (χ3n) is 2.81. The predicted octanol–water partition coefficient (Wildman–Crippen LogP) is 0.0456. The highest BCUT2D eigenvalue weighted by atomic mass is 32.2. The molecule has 2 unspecified atom stereocenters. The summed E-state index contributed by atoms with van der Waals surface area (Å²) >= 11 is -1.97. The molecule has 0 aliphatic carbocycles. The molecule has 0 spiro atoms. The van der Waals surface area contributed by atoms with Crippen LogP contribution in [0.1, 0.15) is 20.8 Å². The standard InChI is InChI=1S/C11H23N3O4S/c1-11(2,3)18-10(15)14-6-4-13(5-7-14)9(8-12)19(16)17/h9H,4-8,12H2,1-3H3,(H,16,17). The highest BCUT2D eigenvalue weighted by Gasteiger charge is 2.30. The zero-order valence-corrected chi connectivity index (χ0v) is 12.5. The first-order chi connectivity index (χ1) is 8.74. The van der Waals surface area contributed by atoms with Crippen LogP contribution < -0.4 is 5.73 Å². The van der Waals surface area contributed by atoms with E-state index in [4.69, 9.17) is 15.0 Å². The van der Waals surface area contributed by atoms with Gasteiger partial charge in [-0.05, 0) is 20.8 Å². The van der Waals surface area contributed by atoms with E-state index in [9.17, 15) is 9.00 Å². The maximum Gasteiger partial charge on any atom is 0.410 e. The van der Waals surface area contributed by atoms with Crippen LogP contribution >= 0.6 is 0 Å². The summed E-state index contributed by atoms with van der Waals surface area (Å²) in [4.78, 5) is 15.3. The maximum absolute atomic E-state index is 11.8. The molecular formula is C11H23N3O4S. The Morgan fingerprint density at radius 3 is 2.26 bits per heavy atom. The number of ether oxygens (including phenoxy) is 1. The summed E-state index contributed by atoms with van der Waals surface area (Å²) in [5, 5.41) is -0.569. The van der Waals surface area contributed by atoms with Gasteiger partial charge in [0.2, 0.25) is 0 Å². The van der Waals surface area contributed by atoms with Crippen LogP contribution in [0.2, 0.25) is 0 Å². The van der Waals surface area contributed by atoms with Gasteiger partial charge in [0.25, 0.3) is 0 Å². The normalized spacial score (nSPS) is 21.0. The lowest BCUT2D eigenvalue weighted by molar-refractivity contribution is 0.0136. The molecule has 112 valence electrons. The van der Waals surface area contributed by atoms with Gasteiger partial charge < -0.3 is 19.9 Å². The molecule has 1 rings (SSSR count). The Balaban J connectivity index is 2.49. The van der Waals surface area contributed by atoms with Crippen molar-refractivity contribution in [3.8, 4) is 0 Å². The Morgan fingerprint density at radius 1 is 1.37 bits per heavy atom. The summed E-state index contributed by atoms with van der Waals surface area (Å²) in [5.74, 6) is 0. The summed E-state index contributed by atoms with van der Waals surface area (Å²) in [7, 11) is 0. The van der Waals surface area contributed by atoms with Crippen molar-refractivity contribution in [1.29, 1.82) is 0 Å². The van der Waals surface area contributed by atoms with Crippen LogP contribution in [-0.4, -0.2) is 68.4 Å². The van der Waals surface area contributed by atoms with Crippen molar-refractivity contribution < 1.29 is 18.3 Å². The molecule has 0 bridgehead atoms. The number of rotatable bonds is 3. The van der Waals surface area contributed by atoms with Gasteiger partial charge in [0.05, 0.1) is 0 Å². The predicted molar refractivity (Wildman–Crippen MR) is 73.0 cm³/mol. The topological polar surface area (TPSA) is 96.1 Å². The second kappa shape index (κ2) is 6.65. The zero-order chi connectivity index (χ0) is 14.6. The monoisotopic (exact) mass is 293 g/mol. The van der Waals surface area contributed by atoms with Crippen LogP contribution in [0.15, 0.2) is 0 Å². The van der Waals surface area contributed by atoms with Crippen molar-refractivity contribution in [3.63, 3.8) is 0 Å². The van der Waals surface area contributed by atoms with Gasteiger partial charge in [-0.15, -0.1) is 0 Å². The SMILES string of the molecule is CC(C)(C)OC(=O)N1CCN(C(CN)S(=O)O)CC1. The number of nitrogens with zero attached hydrogens (tertiary/aromatic N) is 2. The molecule has 3 N–H and O–H groups in total. The van der Waals surface area contributed by atoms with Gasteiger partial charge in [-0.3, -0.25) is 4.90 Å². The number of amides is 1. The summed E-state index contributed by atoms with van der Waals surface area (Å²) in [5.41, 5.74) is 4.97. The molecule has 1 amide bonds. The Bertz CT molecular complexity index is 337. The molecule has 0 aromatic heterocycles. The van der Waals surface area contributed by atoms with Crippen LogP contribution in [0.25, 0.3) is 0 Å². The molecule has 0 saturated carbocycles. The van der Waals surface area contributed by atoms with Crippen molar-refractivity contribution in [2.24, 2.45) is 5.73 Å². The number of hydrogen-bond donors (Lipinski definition) is 2. The van der Waals surface area contributed by atoms with Gasteiger partial charge in [0.15, 0.2) is 11.1 Å². The van der Waals surface area contributed by atoms with Crippen molar-refractivity contribution >= 4 is 17.2 Å². The quantitative estimate of drug-likeness (QED) is 0.714. The third kappa shape index (κ3) is 5.06. The average molecular weight is 293 g/mol. The number of piperazine rings is 1. The van der Waals surface area contributed by atoms with E-state index in [0.29, 0.717) is 26.2 Å². The average Bonchev–Trinajstić information content (AvgIpc) is 2.28. The fourth-order valence-corrected chi connectivity index (χ4v) is 2.51. The van der Waals surface area contributed by atoms with Crippen molar-refractivity contribution in [3.05, 3.63) is 0 Å². The van der Waals surface area contributed by atoms with E-state index in [1.54, 1.807) is 4.90 Å². The minimum absolute atomic E-state index is 0.121. The molecule has 19 heavy (non-hydrogen) atoms. The lowest BCUT2D eigenvalue weighted by Crippen LogP contribution is -2.55. The van der Waals surface area contributed by atoms with E-state index < -0.39 is 22.1 Å². The lowest BCUT2D eigenvalue weighted by Gasteiger charge is -2.37. The van der Waals surface area contributed by atoms with Gasteiger partial charge in [-0.1, -0.05) is 0 Å². The maximum atomic E-state index is 11.8. The van der Waals surface area contributed by atoms with Gasteiger partial charge in [0, 0.05) is 32.7 Å². The smallest absolute Gasteiger partial charge is 0.410 e. The third-order valence-corrected chi connectivity index (χ3v) is 3.76.